The van der Waals surface area contributed by atoms with Crippen molar-refractivity contribution in [2.45, 2.75) is 24.7 Å². The average molecular weight is 642 g/mol. The Hall–Kier alpha value is -0.774. The Kier molecular flexibility index (Phi) is 13.0. The predicted octanol–water partition coefficient (Wildman–Crippen LogP) is 8.88. The fourth-order valence-corrected chi connectivity index (χ4v) is 5.14. The van der Waals surface area contributed by atoms with Gasteiger partial charge in [-0.2, -0.15) is 12.8 Å². The van der Waals surface area contributed by atoms with Crippen LogP contribution < -0.4 is 0 Å². The van der Waals surface area contributed by atoms with Crippen LogP contribution in [0.25, 0.3) is 22.3 Å². The molecule has 0 N–H and O–H groups in total. The second-order valence-corrected chi connectivity index (χ2v) is 8.03. The van der Waals surface area contributed by atoms with Crippen molar-refractivity contribution < 1.29 is 52.4 Å². The minimum absolute atomic E-state index is 0. The topological polar surface area (TPSA) is 0 Å². The molecular weight excluding hydrogens is 614 g/mol. The van der Waals surface area contributed by atoms with Crippen LogP contribution in [0, 0.1) is 13.8 Å². The molecule has 4 heteroatoms. The van der Waals surface area contributed by atoms with Crippen LogP contribution in [0.4, 0.5) is 0 Å². The first-order valence-electron chi connectivity index (χ1n) is 10.8. The summed E-state index contributed by atoms with van der Waals surface area (Å²) in [7, 11) is 0. The van der Waals surface area contributed by atoms with Gasteiger partial charge in [0.15, 0.2) is 0 Å². The van der Waals surface area contributed by atoms with E-state index in [9.17, 15) is 0 Å². The third kappa shape index (κ3) is 5.62. The van der Waals surface area contributed by atoms with E-state index in [1.807, 2.05) is 0 Å². The van der Waals surface area contributed by atoms with Crippen molar-refractivity contribution in [3.8, 4) is 22.3 Å². The Bertz CT molecular complexity index is 1020. The molecule has 6 rings (SSSR count). The Labute approximate surface area is 255 Å². The monoisotopic (exact) mass is 638 g/mol. The molecule has 34 heavy (non-hydrogen) atoms. The van der Waals surface area contributed by atoms with E-state index in [1.165, 1.54) is 44.5 Å². The maximum atomic E-state index is 4.07. The molecule has 2 aliphatic rings. The molecule has 0 spiro atoms. The summed E-state index contributed by atoms with van der Waals surface area (Å²) in [5, 5.41) is 0. The van der Waals surface area contributed by atoms with Crippen LogP contribution in [0.1, 0.15) is 46.9 Å². The van der Waals surface area contributed by atoms with Crippen molar-refractivity contribution in [3.63, 3.8) is 0 Å². The van der Waals surface area contributed by atoms with Crippen molar-refractivity contribution in [3.05, 3.63) is 133 Å². The van der Waals surface area contributed by atoms with Crippen LogP contribution in [-0.4, -0.2) is 0 Å². The maximum Gasteiger partial charge on any atom is 0 e. The summed E-state index contributed by atoms with van der Waals surface area (Å²) in [6, 6.07) is 34.7. The zero-order chi connectivity index (χ0) is 20.5. The summed E-state index contributed by atoms with van der Waals surface area (Å²) in [6.07, 6.45) is 1.88. The minimum Gasteiger partial charge on any atom is -0.342 e. The average Bonchev–Trinajstić information content (AvgIpc) is 3.32. The molecule has 0 amide bonds. The van der Waals surface area contributed by atoms with E-state index in [0.29, 0.717) is 11.8 Å². The predicted molar refractivity (Wildman–Crippen MR) is 142 cm³/mol. The van der Waals surface area contributed by atoms with Gasteiger partial charge in [0.2, 0.25) is 0 Å². The Morgan fingerprint density at radius 1 is 0.412 bits per heavy atom. The first-order valence-corrected chi connectivity index (χ1v) is 10.8. The first kappa shape index (κ1) is 31.3. The molecule has 0 saturated heterocycles. The van der Waals surface area contributed by atoms with Crippen LogP contribution in [0.15, 0.2) is 97.1 Å². The molecule has 0 aliphatic heterocycles. The minimum atomic E-state index is 0. The summed E-state index contributed by atoms with van der Waals surface area (Å²) in [5.74, 6) is 0.995. The molecule has 0 nitrogen and oxygen atoms in total. The van der Waals surface area contributed by atoms with E-state index in [1.54, 1.807) is 0 Å². The van der Waals surface area contributed by atoms with Gasteiger partial charge in [0.25, 0.3) is 0 Å². The van der Waals surface area contributed by atoms with E-state index >= 15 is 0 Å². The smallest absolute Gasteiger partial charge is 0 e. The zero-order valence-electron chi connectivity index (χ0n) is 19.0. The molecule has 0 atom stereocenters. The largest absolute Gasteiger partial charge is 0.342 e. The zero-order valence-corrected chi connectivity index (χ0v) is 25.6. The molecule has 4 aromatic rings. The SMILES string of the molecule is Cl.Cl.[CH2-]CC1c2ccccc2-c2ccccc21.[CH2-]CC1c2ccccc2-c2ccccc21.[Zr].[Zr]. The van der Waals surface area contributed by atoms with Crippen LogP contribution >= 0.6 is 24.8 Å². The third-order valence-electron chi connectivity index (χ3n) is 6.50. The molecule has 0 saturated carbocycles. The quantitative estimate of drug-likeness (QED) is 0.192. The van der Waals surface area contributed by atoms with Gasteiger partial charge < -0.3 is 13.8 Å². The van der Waals surface area contributed by atoms with Gasteiger partial charge in [-0.05, 0) is 56.3 Å². The summed E-state index contributed by atoms with van der Waals surface area (Å²) < 4.78 is 0. The van der Waals surface area contributed by atoms with E-state index in [4.69, 9.17) is 0 Å². The van der Waals surface area contributed by atoms with Crippen LogP contribution in [0.3, 0.4) is 0 Å². The second-order valence-electron chi connectivity index (χ2n) is 8.03. The van der Waals surface area contributed by atoms with E-state index in [0.717, 1.165) is 12.8 Å². The number of fused-ring (bicyclic) bond motifs is 6. The van der Waals surface area contributed by atoms with Crippen molar-refractivity contribution in [2.24, 2.45) is 0 Å². The molecule has 0 fully saturated rings. The number of hydrogen-bond donors (Lipinski definition) is 0. The molecule has 0 unspecified atom stereocenters. The summed E-state index contributed by atoms with van der Waals surface area (Å²) in [4.78, 5) is 0. The summed E-state index contributed by atoms with van der Waals surface area (Å²) in [6.45, 7) is 8.13. The Balaban J connectivity index is 0.000000304. The van der Waals surface area contributed by atoms with E-state index < -0.39 is 0 Å². The third-order valence-corrected chi connectivity index (χ3v) is 6.50. The summed E-state index contributed by atoms with van der Waals surface area (Å²) >= 11 is 0. The molecular formula is C30H28Cl2Zr2-2. The number of halogens is 2. The van der Waals surface area contributed by atoms with Crippen LogP contribution in [0.5, 0.6) is 0 Å². The summed E-state index contributed by atoms with van der Waals surface area (Å²) in [5.41, 5.74) is 11.3. The standard InChI is InChI=1S/2C15H13.2ClH.2Zr/c2*1-2-11-12-7-3-5-9-14(12)15-10-6-4-8-13(11)15;;;;/h2*3-11H,1-2H2;2*1H;;/q2*-1;;;;. The van der Waals surface area contributed by atoms with Crippen molar-refractivity contribution in [1.29, 1.82) is 0 Å². The van der Waals surface area contributed by atoms with Crippen molar-refractivity contribution >= 4 is 24.8 Å². The van der Waals surface area contributed by atoms with Crippen LogP contribution in [0.2, 0.25) is 0 Å². The van der Waals surface area contributed by atoms with E-state index in [-0.39, 0.29) is 77.2 Å². The number of benzene rings is 4. The van der Waals surface area contributed by atoms with Gasteiger partial charge in [-0.25, -0.2) is 0 Å². The second kappa shape index (κ2) is 14.1. The van der Waals surface area contributed by atoms with Gasteiger partial charge in [0, 0.05) is 52.4 Å². The van der Waals surface area contributed by atoms with Gasteiger partial charge in [0.1, 0.15) is 0 Å². The number of hydrogen-bond acceptors (Lipinski definition) is 0. The van der Waals surface area contributed by atoms with Gasteiger partial charge in [0.05, 0.1) is 0 Å². The maximum absolute atomic E-state index is 4.07. The fourth-order valence-electron chi connectivity index (χ4n) is 5.14. The molecule has 0 heterocycles. The Morgan fingerprint density at radius 2 is 0.618 bits per heavy atom. The van der Waals surface area contributed by atoms with Gasteiger partial charge in [-0.15, -0.1) is 24.8 Å². The molecule has 0 aromatic heterocycles. The van der Waals surface area contributed by atoms with Gasteiger partial charge >= 0.3 is 0 Å². The molecule has 172 valence electrons. The Morgan fingerprint density at radius 3 is 0.824 bits per heavy atom. The number of rotatable bonds is 2. The normalized spacial score (nSPS) is 12.1. The van der Waals surface area contributed by atoms with Crippen molar-refractivity contribution in [1.82, 2.24) is 0 Å². The first-order chi connectivity index (χ1) is 14.8. The van der Waals surface area contributed by atoms with E-state index in [2.05, 4.69) is 111 Å². The molecule has 4 aromatic carbocycles. The van der Waals surface area contributed by atoms with Gasteiger partial charge in [-0.1, -0.05) is 97.1 Å². The van der Waals surface area contributed by atoms with Crippen LogP contribution in [-0.2, 0) is 52.4 Å². The fraction of sp³-hybridized carbons (Fsp3) is 0.133. The molecule has 0 bridgehead atoms. The van der Waals surface area contributed by atoms with Gasteiger partial charge in [-0.3, -0.25) is 0 Å². The molecule has 2 aliphatic carbocycles. The molecule has 0 radical (unpaired) electrons. The van der Waals surface area contributed by atoms with Crippen molar-refractivity contribution in [2.75, 3.05) is 0 Å².